The smallest absolute Gasteiger partial charge is 0.128 e. The molecule has 1 aliphatic carbocycles. The van der Waals surface area contributed by atoms with Gasteiger partial charge in [-0.2, -0.15) is 0 Å². The normalized spacial score (nSPS) is 15.2. The maximum absolute atomic E-state index is 13.7. The van der Waals surface area contributed by atoms with Crippen LogP contribution in [0, 0.1) is 11.7 Å². The third-order valence-electron chi connectivity index (χ3n) is 3.45. The predicted molar refractivity (Wildman–Crippen MR) is 75.4 cm³/mol. The number of halogens is 1. The molecule has 0 aromatic heterocycles. The molecule has 1 fully saturated rings. The van der Waals surface area contributed by atoms with Gasteiger partial charge < -0.3 is 10.1 Å². The van der Waals surface area contributed by atoms with E-state index in [1.54, 1.807) is 0 Å². The van der Waals surface area contributed by atoms with E-state index >= 15 is 0 Å². The van der Waals surface area contributed by atoms with Crippen LogP contribution in [0.1, 0.15) is 44.2 Å². The highest BCUT2D eigenvalue weighted by Crippen LogP contribution is 2.32. The second kappa shape index (κ2) is 7.01. The van der Waals surface area contributed by atoms with E-state index in [9.17, 15) is 4.39 Å². The van der Waals surface area contributed by atoms with E-state index in [2.05, 4.69) is 19.2 Å². The van der Waals surface area contributed by atoms with Crippen LogP contribution < -0.4 is 5.32 Å². The van der Waals surface area contributed by atoms with Crippen molar-refractivity contribution in [3.63, 3.8) is 0 Å². The molecule has 1 aliphatic rings. The van der Waals surface area contributed by atoms with E-state index in [1.165, 1.54) is 18.9 Å². The lowest BCUT2D eigenvalue weighted by Crippen LogP contribution is -2.21. The van der Waals surface area contributed by atoms with Crippen LogP contribution in [-0.4, -0.2) is 12.6 Å². The van der Waals surface area contributed by atoms with Crippen LogP contribution in [0.4, 0.5) is 4.39 Å². The first kappa shape index (κ1) is 14.5. The quantitative estimate of drug-likeness (QED) is 0.725. The molecule has 0 aliphatic heterocycles. The van der Waals surface area contributed by atoms with Crippen molar-refractivity contribution in [1.29, 1.82) is 0 Å². The van der Waals surface area contributed by atoms with Crippen molar-refractivity contribution in [3.8, 4) is 0 Å². The molecule has 19 heavy (non-hydrogen) atoms. The summed E-state index contributed by atoms with van der Waals surface area (Å²) in [6.45, 7) is 6.11. The van der Waals surface area contributed by atoms with Gasteiger partial charge in [0.25, 0.3) is 0 Å². The zero-order valence-electron chi connectivity index (χ0n) is 11.9. The van der Waals surface area contributed by atoms with Gasteiger partial charge in [0.05, 0.1) is 6.61 Å². The minimum absolute atomic E-state index is 0.167. The summed E-state index contributed by atoms with van der Waals surface area (Å²) in [4.78, 5) is 0. The first-order valence-corrected chi connectivity index (χ1v) is 7.23. The fourth-order valence-electron chi connectivity index (χ4n) is 2.01. The Morgan fingerprint density at radius 3 is 2.84 bits per heavy atom. The largest absolute Gasteiger partial charge is 0.377 e. The Balaban J connectivity index is 1.80. The molecule has 0 spiro atoms. The van der Waals surface area contributed by atoms with Crippen LogP contribution in [0.2, 0.25) is 0 Å². The Labute approximate surface area is 115 Å². The molecule has 1 aromatic carbocycles. The SMILES string of the molecule is CC(C)NCc1ccc(F)c(COCCC2CC2)c1. The van der Waals surface area contributed by atoms with Crippen molar-refractivity contribution in [1.82, 2.24) is 5.32 Å². The number of nitrogens with one attached hydrogen (secondary N) is 1. The summed E-state index contributed by atoms with van der Waals surface area (Å²) < 4.78 is 19.2. The highest BCUT2D eigenvalue weighted by atomic mass is 19.1. The molecule has 0 radical (unpaired) electrons. The predicted octanol–water partition coefficient (Wildman–Crippen LogP) is 3.64. The van der Waals surface area contributed by atoms with Gasteiger partial charge >= 0.3 is 0 Å². The average Bonchev–Trinajstić information content (AvgIpc) is 3.19. The van der Waals surface area contributed by atoms with E-state index in [0.717, 1.165) is 31.1 Å². The first-order valence-electron chi connectivity index (χ1n) is 7.23. The molecule has 0 saturated heterocycles. The fourth-order valence-corrected chi connectivity index (χ4v) is 2.01. The highest BCUT2D eigenvalue weighted by Gasteiger charge is 2.20. The van der Waals surface area contributed by atoms with Crippen LogP contribution in [0.15, 0.2) is 18.2 Å². The summed E-state index contributed by atoms with van der Waals surface area (Å²) in [6, 6.07) is 5.71. The minimum Gasteiger partial charge on any atom is -0.377 e. The molecule has 0 heterocycles. The third-order valence-corrected chi connectivity index (χ3v) is 3.45. The molecular weight excluding hydrogens is 241 g/mol. The van der Waals surface area contributed by atoms with E-state index in [1.807, 2.05) is 12.1 Å². The standard InChI is InChI=1S/C16H24FNO/c1-12(2)18-10-14-5-6-16(17)15(9-14)11-19-8-7-13-3-4-13/h5-6,9,12-13,18H,3-4,7-8,10-11H2,1-2H3. The van der Waals surface area contributed by atoms with Gasteiger partial charge in [0.1, 0.15) is 5.82 Å². The van der Waals surface area contributed by atoms with Crippen LogP contribution >= 0.6 is 0 Å². The van der Waals surface area contributed by atoms with Gasteiger partial charge in [-0.3, -0.25) is 0 Å². The summed E-state index contributed by atoms with van der Waals surface area (Å²) in [6.07, 6.45) is 3.80. The van der Waals surface area contributed by atoms with E-state index in [4.69, 9.17) is 4.74 Å². The molecule has 0 atom stereocenters. The summed E-state index contributed by atoms with van der Waals surface area (Å²) in [5.41, 5.74) is 1.77. The summed E-state index contributed by atoms with van der Waals surface area (Å²) in [7, 11) is 0. The second-order valence-corrected chi connectivity index (χ2v) is 5.75. The maximum Gasteiger partial charge on any atom is 0.128 e. The van der Waals surface area contributed by atoms with Gasteiger partial charge in [0.15, 0.2) is 0 Å². The molecule has 1 aromatic rings. The number of hydrogen-bond acceptors (Lipinski definition) is 2. The molecule has 106 valence electrons. The number of ether oxygens (including phenoxy) is 1. The van der Waals surface area contributed by atoms with Gasteiger partial charge in [-0.1, -0.05) is 32.8 Å². The maximum atomic E-state index is 13.7. The lowest BCUT2D eigenvalue weighted by molar-refractivity contribution is 0.113. The average molecular weight is 265 g/mol. The Morgan fingerprint density at radius 2 is 2.16 bits per heavy atom. The summed E-state index contributed by atoms with van der Waals surface area (Å²) in [5, 5.41) is 3.34. The van der Waals surface area contributed by atoms with Crippen molar-refractivity contribution in [3.05, 3.63) is 35.1 Å². The van der Waals surface area contributed by atoms with E-state index in [0.29, 0.717) is 18.2 Å². The van der Waals surface area contributed by atoms with Gasteiger partial charge in [-0.05, 0) is 30.0 Å². The van der Waals surface area contributed by atoms with Crippen molar-refractivity contribution in [2.75, 3.05) is 6.61 Å². The molecule has 2 rings (SSSR count). The topological polar surface area (TPSA) is 21.3 Å². The third kappa shape index (κ3) is 5.29. The van der Waals surface area contributed by atoms with Gasteiger partial charge in [-0.15, -0.1) is 0 Å². The Bertz CT molecular complexity index is 402. The molecular formula is C16H24FNO. The van der Waals surface area contributed by atoms with Crippen molar-refractivity contribution < 1.29 is 9.13 Å². The minimum atomic E-state index is -0.167. The summed E-state index contributed by atoms with van der Waals surface area (Å²) >= 11 is 0. The summed E-state index contributed by atoms with van der Waals surface area (Å²) in [5.74, 6) is 0.700. The van der Waals surface area contributed by atoms with Crippen LogP contribution in [0.25, 0.3) is 0 Å². The lowest BCUT2D eigenvalue weighted by Gasteiger charge is -2.10. The van der Waals surface area contributed by atoms with E-state index < -0.39 is 0 Å². The molecule has 2 nitrogen and oxygen atoms in total. The zero-order chi connectivity index (χ0) is 13.7. The van der Waals surface area contributed by atoms with Gasteiger partial charge in [-0.25, -0.2) is 4.39 Å². The van der Waals surface area contributed by atoms with E-state index in [-0.39, 0.29) is 5.82 Å². The van der Waals surface area contributed by atoms with Crippen molar-refractivity contribution in [2.45, 2.75) is 52.3 Å². The van der Waals surface area contributed by atoms with Crippen LogP contribution in [0.3, 0.4) is 0 Å². The van der Waals surface area contributed by atoms with Gasteiger partial charge in [0.2, 0.25) is 0 Å². The molecule has 1 saturated carbocycles. The second-order valence-electron chi connectivity index (χ2n) is 5.75. The number of rotatable bonds is 8. The van der Waals surface area contributed by atoms with Crippen LogP contribution in [-0.2, 0) is 17.9 Å². The number of benzene rings is 1. The zero-order valence-corrected chi connectivity index (χ0v) is 11.9. The Kier molecular flexibility index (Phi) is 5.34. The molecule has 3 heteroatoms. The van der Waals surface area contributed by atoms with Gasteiger partial charge in [0, 0.05) is 24.8 Å². The number of hydrogen-bond donors (Lipinski definition) is 1. The molecule has 0 amide bonds. The van der Waals surface area contributed by atoms with Crippen molar-refractivity contribution >= 4 is 0 Å². The van der Waals surface area contributed by atoms with Crippen LogP contribution in [0.5, 0.6) is 0 Å². The highest BCUT2D eigenvalue weighted by molar-refractivity contribution is 5.24. The monoisotopic (exact) mass is 265 g/mol. The molecule has 1 N–H and O–H groups in total. The molecule has 0 unspecified atom stereocenters. The fraction of sp³-hybridized carbons (Fsp3) is 0.625. The first-order chi connectivity index (χ1) is 9.15. The lowest BCUT2D eigenvalue weighted by atomic mass is 10.1. The molecule has 0 bridgehead atoms. The Morgan fingerprint density at radius 1 is 1.37 bits per heavy atom. The Hall–Kier alpha value is -0.930. The van der Waals surface area contributed by atoms with Crippen molar-refractivity contribution in [2.24, 2.45) is 5.92 Å².